The van der Waals surface area contributed by atoms with Gasteiger partial charge >= 0.3 is 5.97 Å². The zero-order valence-electron chi connectivity index (χ0n) is 20.1. The van der Waals surface area contributed by atoms with Crippen molar-refractivity contribution in [1.29, 1.82) is 0 Å². The number of hydrogen-bond donors (Lipinski definition) is 2. The molecule has 0 bridgehead atoms. The number of carboxylic acids is 1. The van der Waals surface area contributed by atoms with Crippen LogP contribution in [0.25, 0.3) is 22.5 Å². The largest absolute Gasteiger partial charge is 0.477 e. The molecule has 0 unspecified atom stereocenters. The molecule has 0 amide bonds. The van der Waals surface area contributed by atoms with Gasteiger partial charge in [0.15, 0.2) is 0 Å². The number of unbranched alkanes of at least 4 members (excludes halogenated alkanes) is 1. The molecular formula is C27H26N6O3. The molecule has 2 aromatic carbocycles. The Hall–Kier alpha value is -4.53. The van der Waals surface area contributed by atoms with Crippen molar-refractivity contribution in [3.63, 3.8) is 0 Å². The first-order chi connectivity index (χ1) is 17.5. The molecular weight excluding hydrogens is 456 g/mol. The summed E-state index contributed by atoms with van der Waals surface area (Å²) in [6, 6.07) is 19.1. The van der Waals surface area contributed by atoms with Crippen molar-refractivity contribution < 1.29 is 9.90 Å². The molecule has 5 aromatic rings. The summed E-state index contributed by atoms with van der Waals surface area (Å²) in [6.07, 6.45) is 2.84. The fourth-order valence-corrected chi connectivity index (χ4v) is 4.65. The predicted octanol–water partition coefficient (Wildman–Crippen LogP) is 4.19. The summed E-state index contributed by atoms with van der Waals surface area (Å²) in [5.74, 6) is -0.537. The summed E-state index contributed by atoms with van der Waals surface area (Å²) in [6.45, 7) is 3.89. The Bertz CT molecular complexity index is 1600. The van der Waals surface area contributed by atoms with Gasteiger partial charge in [0.25, 0.3) is 5.56 Å². The van der Waals surface area contributed by atoms with Gasteiger partial charge in [-0.25, -0.2) is 13.8 Å². The molecule has 0 aliphatic heterocycles. The molecule has 0 saturated heterocycles. The fraction of sp³-hybridized carbons (Fsp3) is 0.222. The Balaban J connectivity index is 1.56. The monoisotopic (exact) mass is 482 g/mol. The van der Waals surface area contributed by atoms with Crippen molar-refractivity contribution in [3.05, 3.63) is 99.2 Å². The van der Waals surface area contributed by atoms with E-state index in [9.17, 15) is 14.7 Å². The molecule has 9 nitrogen and oxygen atoms in total. The summed E-state index contributed by atoms with van der Waals surface area (Å²) in [5, 5.41) is 24.2. The highest BCUT2D eigenvalue weighted by Gasteiger charge is 2.22. The molecule has 3 heterocycles. The Morgan fingerprint density at radius 2 is 1.75 bits per heavy atom. The zero-order chi connectivity index (χ0) is 25.2. The van der Waals surface area contributed by atoms with Crippen LogP contribution in [0.1, 0.15) is 52.8 Å². The standard InChI is InChI=1S/C27H26N6O3/c1-3-4-9-23-22(26(34)32-17(2)10-15-24(27(35)36)33(23)32)16-18-11-13-19(14-12-18)20-7-5-6-8-21(20)25-28-30-31-29-25/h5-8,10-15H,3-4,9,16H2,1-2H3,(H,35,36)(H,28,29,30,31). The predicted molar refractivity (Wildman–Crippen MR) is 135 cm³/mol. The van der Waals surface area contributed by atoms with Crippen LogP contribution in [0.3, 0.4) is 0 Å². The van der Waals surface area contributed by atoms with Crippen LogP contribution >= 0.6 is 0 Å². The van der Waals surface area contributed by atoms with Crippen LogP contribution in [-0.2, 0) is 12.8 Å². The van der Waals surface area contributed by atoms with Crippen LogP contribution in [0, 0.1) is 6.92 Å². The molecule has 0 aliphatic rings. The van der Waals surface area contributed by atoms with E-state index in [1.165, 1.54) is 4.52 Å². The van der Waals surface area contributed by atoms with E-state index < -0.39 is 5.97 Å². The van der Waals surface area contributed by atoms with Crippen LogP contribution in [-0.4, -0.2) is 40.7 Å². The normalized spacial score (nSPS) is 11.3. The molecule has 0 aliphatic carbocycles. The van der Waals surface area contributed by atoms with Crippen LogP contribution in [0.4, 0.5) is 0 Å². The average molecular weight is 483 g/mol. The molecule has 3 aromatic heterocycles. The maximum atomic E-state index is 13.5. The van der Waals surface area contributed by atoms with Gasteiger partial charge in [0.05, 0.1) is 5.69 Å². The number of fused-ring (bicyclic) bond motifs is 1. The minimum atomic E-state index is -1.06. The first-order valence-electron chi connectivity index (χ1n) is 11.9. The van der Waals surface area contributed by atoms with Gasteiger partial charge in [-0.05, 0) is 53.8 Å². The molecule has 0 fully saturated rings. The van der Waals surface area contributed by atoms with Crippen molar-refractivity contribution in [2.24, 2.45) is 0 Å². The van der Waals surface area contributed by atoms with Crippen molar-refractivity contribution in [1.82, 2.24) is 29.7 Å². The molecule has 0 saturated carbocycles. The number of carboxylic acid groups (broad SMARTS) is 1. The maximum absolute atomic E-state index is 13.5. The van der Waals surface area contributed by atoms with E-state index in [4.69, 9.17) is 0 Å². The first kappa shape index (κ1) is 23.2. The quantitative estimate of drug-likeness (QED) is 0.343. The number of aromatic amines is 1. The van der Waals surface area contributed by atoms with Crippen molar-refractivity contribution in [3.8, 4) is 22.5 Å². The number of tetrazole rings is 1. The molecule has 9 heteroatoms. The molecule has 2 N–H and O–H groups in total. The summed E-state index contributed by atoms with van der Waals surface area (Å²) < 4.78 is 3.07. The second-order valence-corrected chi connectivity index (χ2v) is 8.78. The number of rotatable bonds is 8. The number of hydrogen-bond acceptors (Lipinski definition) is 5. The van der Waals surface area contributed by atoms with Gasteiger partial charge in [0, 0.05) is 23.2 Å². The van der Waals surface area contributed by atoms with E-state index in [1.807, 2.05) is 55.5 Å². The third-order valence-electron chi connectivity index (χ3n) is 6.44. The highest BCUT2D eigenvalue weighted by Crippen LogP contribution is 2.30. The second-order valence-electron chi connectivity index (χ2n) is 8.78. The van der Waals surface area contributed by atoms with Crippen LogP contribution < -0.4 is 5.56 Å². The Labute approximate surface area is 207 Å². The van der Waals surface area contributed by atoms with E-state index >= 15 is 0 Å². The lowest BCUT2D eigenvalue weighted by atomic mass is 9.96. The lowest BCUT2D eigenvalue weighted by Crippen LogP contribution is -2.20. The Morgan fingerprint density at radius 3 is 2.42 bits per heavy atom. The van der Waals surface area contributed by atoms with E-state index in [-0.39, 0.29) is 11.3 Å². The second kappa shape index (κ2) is 9.61. The lowest BCUT2D eigenvalue weighted by molar-refractivity contribution is 0.0685. The van der Waals surface area contributed by atoms with Gasteiger partial charge < -0.3 is 5.11 Å². The number of aromatic carboxylic acids is 1. The van der Waals surface area contributed by atoms with E-state index in [2.05, 4.69) is 27.5 Å². The highest BCUT2D eigenvalue weighted by molar-refractivity contribution is 5.85. The SMILES string of the molecule is CCCCc1c(Cc2ccc(-c3ccccc3-c3nn[nH]n3)cc2)c(=O)n2c(C)ccc(C(=O)O)n12. The first-order valence-corrected chi connectivity index (χ1v) is 11.9. The molecule has 36 heavy (non-hydrogen) atoms. The van der Waals surface area contributed by atoms with Gasteiger partial charge in [-0.3, -0.25) is 4.79 Å². The van der Waals surface area contributed by atoms with E-state index in [1.54, 1.807) is 16.6 Å². The molecule has 0 spiro atoms. The third kappa shape index (κ3) is 4.08. The number of aromatic nitrogens is 6. The molecule has 0 atom stereocenters. The van der Waals surface area contributed by atoms with E-state index in [0.717, 1.165) is 40.8 Å². The summed E-state index contributed by atoms with van der Waals surface area (Å²) in [7, 11) is 0. The van der Waals surface area contributed by atoms with Crippen molar-refractivity contribution in [2.45, 2.75) is 39.5 Å². The van der Waals surface area contributed by atoms with Crippen LogP contribution in [0.5, 0.6) is 0 Å². The van der Waals surface area contributed by atoms with Crippen molar-refractivity contribution in [2.75, 3.05) is 0 Å². The molecule has 182 valence electrons. The zero-order valence-corrected chi connectivity index (χ0v) is 20.1. The van der Waals surface area contributed by atoms with Crippen molar-refractivity contribution >= 4 is 5.97 Å². The smallest absolute Gasteiger partial charge is 0.354 e. The summed E-state index contributed by atoms with van der Waals surface area (Å²) >= 11 is 0. The van der Waals surface area contributed by atoms with Gasteiger partial charge in [-0.2, -0.15) is 5.21 Å². The highest BCUT2D eigenvalue weighted by atomic mass is 16.4. The number of nitrogens with one attached hydrogen (secondary N) is 1. The van der Waals surface area contributed by atoms with Gasteiger partial charge in [-0.1, -0.05) is 61.9 Å². The average Bonchev–Trinajstić information content (AvgIpc) is 3.51. The number of aryl methyl sites for hydroxylation is 2. The van der Waals surface area contributed by atoms with Crippen LogP contribution in [0.2, 0.25) is 0 Å². The number of carbonyl (C=O) groups is 1. The third-order valence-corrected chi connectivity index (χ3v) is 6.44. The topological polar surface area (TPSA) is 118 Å². The Kier molecular flexibility index (Phi) is 6.20. The number of benzene rings is 2. The summed E-state index contributed by atoms with van der Waals surface area (Å²) in [4.78, 5) is 25.5. The minimum absolute atomic E-state index is 0.0865. The number of H-pyrrole nitrogens is 1. The van der Waals surface area contributed by atoms with E-state index in [0.29, 0.717) is 29.9 Å². The van der Waals surface area contributed by atoms with Gasteiger partial charge in [0.1, 0.15) is 5.69 Å². The van der Waals surface area contributed by atoms with Crippen LogP contribution in [0.15, 0.2) is 65.5 Å². The minimum Gasteiger partial charge on any atom is -0.477 e. The van der Waals surface area contributed by atoms with Gasteiger partial charge in [0.2, 0.25) is 5.82 Å². The lowest BCUT2D eigenvalue weighted by Gasteiger charge is -2.10. The van der Waals surface area contributed by atoms with Gasteiger partial charge in [-0.15, -0.1) is 10.2 Å². The summed E-state index contributed by atoms with van der Waals surface area (Å²) in [5.41, 5.74) is 5.81. The maximum Gasteiger partial charge on any atom is 0.354 e. The Morgan fingerprint density at radius 1 is 1.00 bits per heavy atom. The number of nitrogens with zero attached hydrogens (tertiary/aromatic N) is 5. The molecule has 0 radical (unpaired) electrons. The molecule has 5 rings (SSSR count). The fourth-order valence-electron chi connectivity index (χ4n) is 4.65.